The highest BCUT2D eigenvalue weighted by Gasteiger charge is 2.23. The molecule has 72 valence electrons. The summed E-state index contributed by atoms with van der Waals surface area (Å²) in [4.78, 5) is 0. The largest absolute Gasteiger partial charge is 0.140 e. The average molecular weight is 217 g/mol. The number of halogens is 2. The van der Waals surface area contributed by atoms with E-state index in [-0.39, 0.29) is 0 Å². The molecule has 0 saturated heterocycles. The predicted molar refractivity (Wildman–Crippen MR) is 59.7 cm³/mol. The van der Waals surface area contributed by atoms with Gasteiger partial charge in [-0.3, -0.25) is 0 Å². The maximum absolute atomic E-state index is 6.09. The molecule has 0 aliphatic rings. The molecule has 0 fully saturated rings. The van der Waals surface area contributed by atoms with E-state index in [1.807, 2.05) is 13.8 Å². The first-order valence-corrected chi connectivity index (χ1v) is 5.04. The van der Waals surface area contributed by atoms with Gasteiger partial charge in [-0.25, -0.2) is 0 Å². The van der Waals surface area contributed by atoms with Crippen LogP contribution in [0.25, 0.3) is 0 Å². The van der Waals surface area contributed by atoms with Crippen LogP contribution in [0, 0.1) is 20.8 Å². The van der Waals surface area contributed by atoms with Crippen molar-refractivity contribution < 1.29 is 0 Å². The highest BCUT2D eigenvalue weighted by atomic mass is 35.5. The van der Waals surface area contributed by atoms with E-state index in [9.17, 15) is 0 Å². The molecule has 1 rings (SSSR count). The lowest BCUT2D eigenvalue weighted by Crippen LogP contribution is -2.09. The van der Waals surface area contributed by atoms with Gasteiger partial charge in [0.15, 0.2) is 0 Å². The lowest BCUT2D eigenvalue weighted by Gasteiger charge is -2.20. The van der Waals surface area contributed by atoms with Crippen LogP contribution in [0.15, 0.2) is 12.1 Å². The van der Waals surface area contributed by atoms with Gasteiger partial charge in [-0.1, -0.05) is 40.9 Å². The third kappa shape index (κ3) is 2.38. The first-order valence-electron chi connectivity index (χ1n) is 4.28. The van der Waals surface area contributed by atoms with E-state index in [0.717, 1.165) is 16.7 Å². The molecular weight excluding hydrogens is 203 g/mol. The van der Waals surface area contributed by atoms with Gasteiger partial charge in [0.25, 0.3) is 0 Å². The van der Waals surface area contributed by atoms with Gasteiger partial charge < -0.3 is 0 Å². The summed E-state index contributed by atoms with van der Waals surface area (Å²) >= 11 is 12.2. The summed E-state index contributed by atoms with van der Waals surface area (Å²) in [6, 6.07) is 4.21. The molecular formula is C11H14Cl2. The minimum absolute atomic E-state index is 0.790. The molecule has 13 heavy (non-hydrogen) atoms. The maximum Gasteiger partial charge on any atom is 0.140 e. The van der Waals surface area contributed by atoms with Crippen molar-refractivity contribution in [3.63, 3.8) is 0 Å². The second-order valence-electron chi connectivity index (χ2n) is 3.66. The Kier molecular flexibility index (Phi) is 2.94. The molecule has 0 unspecified atom stereocenters. The molecule has 2 heteroatoms. The zero-order chi connectivity index (χ0) is 10.2. The monoisotopic (exact) mass is 216 g/mol. The van der Waals surface area contributed by atoms with Crippen molar-refractivity contribution in [2.45, 2.75) is 32.0 Å². The van der Waals surface area contributed by atoms with Crippen LogP contribution in [-0.4, -0.2) is 0 Å². The Morgan fingerprint density at radius 1 is 1.00 bits per heavy atom. The lowest BCUT2D eigenvalue weighted by molar-refractivity contribution is 0.941. The first kappa shape index (κ1) is 10.9. The number of aryl methyl sites for hydroxylation is 3. The third-order valence-corrected chi connectivity index (χ3v) is 2.49. The maximum atomic E-state index is 6.09. The molecule has 0 atom stereocenters. The standard InChI is InChI=1S/C11H14Cl2/c1-7-5-8(2)10(9(3)6-7)11(4,12)13/h5-6H,1-4H3. The van der Waals surface area contributed by atoms with E-state index in [1.54, 1.807) is 6.92 Å². The van der Waals surface area contributed by atoms with E-state index >= 15 is 0 Å². The summed E-state index contributed by atoms with van der Waals surface area (Å²) < 4.78 is -0.790. The van der Waals surface area contributed by atoms with E-state index in [4.69, 9.17) is 23.2 Å². The minimum atomic E-state index is -0.790. The molecule has 0 N–H and O–H groups in total. The van der Waals surface area contributed by atoms with E-state index in [0.29, 0.717) is 0 Å². The van der Waals surface area contributed by atoms with Gasteiger partial charge in [-0.05, 0) is 44.4 Å². The molecule has 0 aliphatic heterocycles. The van der Waals surface area contributed by atoms with Crippen molar-refractivity contribution in [2.75, 3.05) is 0 Å². The second kappa shape index (κ2) is 3.51. The van der Waals surface area contributed by atoms with Gasteiger partial charge in [0.05, 0.1) is 0 Å². The fourth-order valence-corrected chi connectivity index (χ4v) is 2.47. The third-order valence-electron chi connectivity index (χ3n) is 2.12. The van der Waals surface area contributed by atoms with Crippen molar-refractivity contribution >= 4 is 23.2 Å². The zero-order valence-corrected chi connectivity index (χ0v) is 9.92. The van der Waals surface area contributed by atoms with E-state index in [1.165, 1.54) is 5.56 Å². The Morgan fingerprint density at radius 3 is 1.69 bits per heavy atom. The van der Waals surface area contributed by atoms with E-state index < -0.39 is 4.33 Å². The van der Waals surface area contributed by atoms with Crippen molar-refractivity contribution in [1.82, 2.24) is 0 Å². The van der Waals surface area contributed by atoms with E-state index in [2.05, 4.69) is 19.1 Å². The zero-order valence-electron chi connectivity index (χ0n) is 8.41. The SMILES string of the molecule is Cc1cc(C)c(C(C)(Cl)Cl)c(C)c1. The highest BCUT2D eigenvalue weighted by Crippen LogP contribution is 2.37. The fraction of sp³-hybridized carbons (Fsp3) is 0.455. The van der Waals surface area contributed by atoms with Gasteiger partial charge >= 0.3 is 0 Å². The van der Waals surface area contributed by atoms with Crippen LogP contribution >= 0.6 is 23.2 Å². The summed E-state index contributed by atoms with van der Waals surface area (Å²) in [7, 11) is 0. The van der Waals surface area contributed by atoms with Crippen molar-refractivity contribution in [2.24, 2.45) is 0 Å². The Labute approximate surface area is 89.9 Å². The topological polar surface area (TPSA) is 0 Å². The van der Waals surface area contributed by atoms with Crippen LogP contribution in [0.1, 0.15) is 29.2 Å². The van der Waals surface area contributed by atoms with Crippen LogP contribution in [0.2, 0.25) is 0 Å². The summed E-state index contributed by atoms with van der Waals surface area (Å²) in [5.41, 5.74) is 4.59. The first-order chi connectivity index (χ1) is 5.82. The summed E-state index contributed by atoms with van der Waals surface area (Å²) in [5, 5.41) is 0. The molecule has 1 aromatic carbocycles. The van der Waals surface area contributed by atoms with Gasteiger partial charge in [-0.15, -0.1) is 0 Å². The summed E-state index contributed by atoms with van der Waals surface area (Å²) in [5.74, 6) is 0. The number of alkyl halides is 2. The normalized spacial score (nSPS) is 11.8. The fourth-order valence-electron chi connectivity index (χ4n) is 1.87. The van der Waals surface area contributed by atoms with Crippen LogP contribution in [-0.2, 0) is 4.33 Å². The molecule has 0 amide bonds. The molecule has 0 nitrogen and oxygen atoms in total. The number of benzene rings is 1. The van der Waals surface area contributed by atoms with Gasteiger partial charge in [0.1, 0.15) is 4.33 Å². The van der Waals surface area contributed by atoms with Gasteiger partial charge in [0, 0.05) is 0 Å². The molecule has 1 aromatic rings. The second-order valence-corrected chi connectivity index (χ2v) is 5.37. The minimum Gasteiger partial charge on any atom is -0.0966 e. The smallest absolute Gasteiger partial charge is 0.0966 e. The molecule has 0 aromatic heterocycles. The Hall–Kier alpha value is -0.200. The van der Waals surface area contributed by atoms with Crippen LogP contribution in [0.5, 0.6) is 0 Å². The molecule has 0 bridgehead atoms. The highest BCUT2D eigenvalue weighted by molar-refractivity contribution is 6.47. The number of hydrogen-bond acceptors (Lipinski definition) is 0. The van der Waals surface area contributed by atoms with Crippen molar-refractivity contribution in [3.05, 3.63) is 34.4 Å². The molecule has 0 heterocycles. The summed E-state index contributed by atoms with van der Waals surface area (Å²) in [6.45, 7) is 7.96. The van der Waals surface area contributed by atoms with Crippen molar-refractivity contribution in [1.29, 1.82) is 0 Å². The van der Waals surface area contributed by atoms with Gasteiger partial charge in [0.2, 0.25) is 0 Å². The molecule has 0 aliphatic carbocycles. The number of hydrogen-bond donors (Lipinski definition) is 0. The van der Waals surface area contributed by atoms with Gasteiger partial charge in [-0.2, -0.15) is 0 Å². The van der Waals surface area contributed by atoms with Crippen molar-refractivity contribution in [3.8, 4) is 0 Å². The molecule has 0 spiro atoms. The van der Waals surface area contributed by atoms with Crippen LogP contribution in [0.4, 0.5) is 0 Å². The van der Waals surface area contributed by atoms with Crippen LogP contribution < -0.4 is 0 Å². The summed E-state index contributed by atoms with van der Waals surface area (Å²) in [6.07, 6.45) is 0. The lowest BCUT2D eigenvalue weighted by atomic mass is 9.97. The number of rotatable bonds is 1. The quantitative estimate of drug-likeness (QED) is 0.616. The average Bonchev–Trinajstić information content (AvgIpc) is 1.78. The predicted octanol–water partition coefficient (Wildman–Crippen LogP) is 4.26. The Morgan fingerprint density at radius 2 is 1.38 bits per heavy atom. The molecule has 0 saturated carbocycles. The van der Waals surface area contributed by atoms with Crippen LogP contribution in [0.3, 0.4) is 0 Å². The molecule has 0 radical (unpaired) electrons. The Balaban J connectivity index is 3.38. The Bertz CT molecular complexity index is 298.